The molecular formula is C13H18N2O. The lowest BCUT2D eigenvalue weighted by atomic mass is 10.2. The van der Waals surface area contributed by atoms with E-state index >= 15 is 0 Å². The lowest BCUT2D eigenvalue weighted by Gasteiger charge is -2.06. The molecule has 0 amide bonds. The van der Waals surface area contributed by atoms with Gasteiger partial charge in [-0.1, -0.05) is 19.9 Å². The molecule has 2 rings (SSSR count). The van der Waals surface area contributed by atoms with Crippen LogP contribution in [0.1, 0.15) is 31.2 Å². The Morgan fingerprint density at radius 1 is 1.44 bits per heavy atom. The van der Waals surface area contributed by atoms with Gasteiger partial charge in [0.15, 0.2) is 11.5 Å². The smallest absolute Gasteiger partial charge is 0.199 e. The third-order valence-electron chi connectivity index (χ3n) is 2.68. The van der Waals surface area contributed by atoms with Gasteiger partial charge in [0, 0.05) is 12.5 Å². The first-order valence-corrected chi connectivity index (χ1v) is 5.78. The molecular weight excluding hydrogens is 200 g/mol. The molecule has 0 aliphatic carbocycles. The number of rotatable bonds is 4. The molecule has 1 heterocycles. The molecule has 3 nitrogen and oxygen atoms in total. The lowest BCUT2D eigenvalue weighted by molar-refractivity contribution is 0.470. The van der Waals surface area contributed by atoms with Gasteiger partial charge in [-0.05, 0) is 31.2 Å². The first-order chi connectivity index (χ1) is 7.70. The fourth-order valence-electron chi connectivity index (χ4n) is 1.71. The normalized spacial score (nSPS) is 13.2. The predicted molar refractivity (Wildman–Crippen MR) is 65.7 cm³/mol. The van der Waals surface area contributed by atoms with Crippen LogP contribution in [-0.2, 0) is 0 Å². The van der Waals surface area contributed by atoms with E-state index in [-0.39, 0.29) is 0 Å². The van der Waals surface area contributed by atoms with Gasteiger partial charge in [0.05, 0.1) is 0 Å². The molecule has 0 fully saturated rings. The summed E-state index contributed by atoms with van der Waals surface area (Å²) in [5.74, 6) is 1.13. The highest BCUT2D eigenvalue weighted by atomic mass is 16.3. The second-order valence-electron chi connectivity index (χ2n) is 4.23. The van der Waals surface area contributed by atoms with E-state index in [1.807, 2.05) is 12.1 Å². The Balaban J connectivity index is 2.25. The van der Waals surface area contributed by atoms with Crippen LogP contribution in [0.2, 0.25) is 0 Å². The number of hydrogen-bond donors (Lipinski definition) is 1. The van der Waals surface area contributed by atoms with E-state index in [1.165, 1.54) is 5.56 Å². The summed E-state index contributed by atoms with van der Waals surface area (Å²) in [7, 11) is 0. The zero-order valence-corrected chi connectivity index (χ0v) is 10.1. The second kappa shape index (κ2) is 4.66. The van der Waals surface area contributed by atoms with Gasteiger partial charge in [0.1, 0.15) is 5.52 Å². The maximum Gasteiger partial charge on any atom is 0.199 e. The number of hydrogen-bond acceptors (Lipinski definition) is 3. The molecule has 1 N–H and O–H groups in total. The Kier molecular flexibility index (Phi) is 3.25. The van der Waals surface area contributed by atoms with Crippen molar-refractivity contribution in [2.75, 3.05) is 13.1 Å². The van der Waals surface area contributed by atoms with Crippen molar-refractivity contribution in [3.63, 3.8) is 0 Å². The van der Waals surface area contributed by atoms with Gasteiger partial charge in [-0.15, -0.1) is 0 Å². The van der Waals surface area contributed by atoms with Gasteiger partial charge < -0.3 is 9.73 Å². The Hall–Kier alpha value is -1.35. The molecule has 86 valence electrons. The molecule has 1 atom stereocenters. The van der Waals surface area contributed by atoms with Crippen molar-refractivity contribution in [2.45, 2.75) is 26.7 Å². The maximum absolute atomic E-state index is 5.76. The van der Waals surface area contributed by atoms with E-state index in [1.54, 1.807) is 0 Å². The zero-order chi connectivity index (χ0) is 11.5. The fourth-order valence-corrected chi connectivity index (χ4v) is 1.71. The van der Waals surface area contributed by atoms with E-state index < -0.39 is 0 Å². The molecule has 0 saturated heterocycles. The maximum atomic E-state index is 5.76. The van der Waals surface area contributed by atoms with Crippen LogP contribution in [0.3, 0.4) is 0 Å². The van der Waals surface area contributed by atoms with E-state index in [0.717, 1.165) is 30.1 Å². The Morgan fingerprint density at radius 3 is 3.00 bits per heavy atom. The molecule has 2 aromatic rings. The monoisotopic (exact) mass is 218 g/mol. The number of aryl methyl sites for hydroxylation is 1. The Labute approximate surface area is 95.9 Å². The number of fused-ring (bicyclic) bond motifs is 1. The van der Waals surface area contributed by atoms with Gasteiger partial charge in [-0.3, -0.25) is 0 Å². The molecule has 1 aromatic carbocycles. The third kappa shape index (κ3) is 2.25. The quantitative estimate of drug-likeness (QED) is 0.857. The summed E-state index contributed by atoms with van der Waals surface area (Å²) >= 11 is 0. The summed E-state index contributed by atoms with van der Waals surface area (Å²) in [4.78, 5) is 4.50. The summed E-state index contributed by atoms with van der Waals surface area (Å²) in [6.07, 6.45) is 0. The van der Waals surface area contributed by atoms with Gasteiger partial charge in [-0.25, -0.2) is 4.98 Å². The molecule has 0 saturated carbocycles. The minimum Gasteiger partial charge on any atom is -0.440 e. The van der Waals surface area contributed by atoms with Crippen molar-refractivity contribution in [1.82, 2.24) is 10.3 Å². The highest BCUT2D eigenvalue weighted by molar-refractivity contribution is 5.73. The number of oxazole rings is 1. The molecule has 1 unspecified atom stereocenters. The molecule has 0 aliphatic heterocycles. The molecule has 0 radical (unpaired) electrons. The van der Waals surface area contributed by atoms with Crippen LogP contribution in [0.5, 0.6) is 0 Å². The SMILES string of the molecule is CCNCC(C)c1nc2ccc(C)cc2o1. The minimum absolute atomic E-state index is 0.313. The van der Waals surface area contributed by atoms with Crippen molar-refractivity contribution < 1.29 is 4.42 Å². The largest absolute Gasteiger partial charge is 0.440 e. The van der Waals surface area contributed by atoms with Crippen LogP contribution < -0.4 is 5.32 Å². The third-order valence-corrected chi connectivity index (χ3v) is 2.68. The number of nitrogens with one attached hydrogen (secondary N) is 1. The van der Waals surface area contributed by atoms with Gasteiger partial charge in [0.25, 0.3) is 0 Å². The lowest BCUT2D eigenvalue weighted by Crippen LogP contribution is -2.19. The van der Waals surface area contributed by atoms with Gasteiger partial charge in [-0.2, -0.15) is 0 Å². The first-order valence-electron chi connectivity index (χ1n) is 5.78. The van der Waals surface area contributed by atoms with Crippen molar-refractivity contribution in [3.8, 4) is 0 Å². The fraction of sp³-hybridized carbons (Fsp3) is 0.462. The van der Waals surface area contributed by atoms with Crippen LogP contribution in [0, 0.1) is 6.92 Å². The number of nitrogens with zero attached hydrogens (tertiary/aromatic N) is 1. The van der Waals surface area contributed by atoms with Crippen molar-refractivity contribution in [2.24, 2.45) is 0 Å². The van der Waals surface area contributed by atoms with Gasteiger partial charge >= 0.3 is 0 Å². The minimum atomic E-state index is 0.313. The summed E-state index contributed by atoms with van der Waals surface area (Å²) in [6.45, 7) is 8.16. The van der Waals surface area contributed by atoms with Crippen LogP contribution in [0.15, 0.2) is 22.6 Å². The van der Waals surface area contributed by atoms with E-state index in [9.17, 15) is 0 Å². The standard InChI is InChI=1S/C13H18N2O/c1-4-14-8-10(3)13-15-11-6-5-9(2)7-12(11)16-13/h5-7,10,14H,4,8H2,1-3H3. The summed E-state index contributed by atoms with van der Waals surface area (Å²) < 4.78 is 5.76. The highest BCUT2D eigenvalue weighted by Crippen LogP contribution is 2.21. The molecule has 0 bridgehead atoms. The van der Waals surface area contributed by atoms with E-state index in [0.29, 0.717) is 5.92 Å². The second-order valence-corrected chi connectivity index (χ2v) is 4.23. The van der Waals surface area contributed by atoms with Crippen LogP contribution in [0.4, 0.5) is 0 Å². The van der Waals surface area contributed by atoms with E-state index in [2.05, 4.69) is 37.1 Å². The predicted octanol–water partition coefficient (Wildman–Crippen LogP) is 2.85. The summed E-state index contributed by atoms with van der Waals surface area (Å²) in [5, 5.41) is 3.30. The number of benzene rings is 1. The van der Waals surface area contributed by atoms with Crippen LogP contribution in [-0.4, -0.2) is 18.1 Å². The Bertz CT molecular complexity index is 476. The van der Waals surface area contributed by atoms with Crippen molar-refractivity contribution >= 4 is 11.1 Å². The molecule has 0 aliphatic rings. The van der Waals surface area contributed by atoms with Crippen LogP contribution >= 0.6 is 0 Å². The Morgan fingerprint density at radius 2 is 2.25 bits per heavy atom. The zero-order valence-electron chi connectivity index (χ0n) is 10.1. The summed E-state index contributed by atoms with van der Waals surface area (Å²) in [6, 6.07) is 6.10. The molecule has 16 heavy (non-hydrogen) atoms. The molecule has 0 spiro atoms. The number of likely N-dealkylation sites (N-methyl/N-ethyl adjacent to an activating group) is 1. The topological polar surface area (TPSA) is 38.1 Å². The first kappa shape index (κ1) is 11.1. The van der Waals surface area contributed by atoms with E-state index in [4.69, 9.17) is 4.42 Å². The summed E-state index contributed by atoms with van der Waals surface area (Å²) in [5.41, 5.74) is 3.04. The number of aromatic nitrogens is 1. The average Bonchev–Trinajstić information content (AvgIpc) is 2.68. The molecule has 3 heteroatoms. The van der Waals surface area contributed by atoms with Crippen molar-refractivity contribution in [1.29, 1.82) is 0 Å². The van der Waals surface area contributed by atoms with Gasteiger partial charge in [0.2, 0.25) is 0 Å². The van der Waals surface area contributed by atoms with Crippen LogP contribution in [0.25, 0.3) is 11.1 Å². The highest BCUT2D eigenvalue weighted by Gasteiger charge is 2.12. The molecule has 1 aromatic heterocycles. The van der Waals surface area contributed by atoms with Crippen molar-refractivity contribution in [3.05, 3.63) is 29.7 Å². The average molecular weight is 218 g/mol.